The third kappa shape index (κ3) is 5.78. The first-order chi connectivity index (χ1) is 16.0. The zero-order valence-electron chi connectivity index (χ0n) is 20.4. The van der Waals surface area contributed by atoms with Crippen LogP contribution in [0.2, 0.25) is 0 Å². The molecule has 3 aliphatic heterocycles. The number of aryl methyl sites for hydroxylation is 1. The fourth-order valence-corrected chi connectivity index (χ4v) is 5.72. The molecular formula is C27H41N3O3. The molecule has 1 aromatic carbocycles. The van der Waals surface area contributed by atoms with Crippen molar-refractivity contribution in [3.05, 3.63) is 35.9 Å². The predicted molar refractivity (Wildman–Crippen MR) is 130 cm³/mol. The number of likely N-dealkylation sites (tertiary alicyclic amines) is 1. The van der Waals surface area contributed by atoms with Crippen LogP contribution in [0.5, 0.6) is 0 Å². The first-order valence-electron chi connectivity index (χ1n) is 13.0. The molecular weight excluding hydrogens is 414 g/mol. The number of hydrogen-bond donors (Lipinski definition) is 1. The molecule has 2 amide bonds. The molecule has 3 aliphatic rings. The van der Waals surface area contributed by atoms with Crippen molar-refractivity contribution in [1.82, 2.24) is 15.1 Å². The molecule has 2 atom stereocenters. The Morgan fingerprint density at radius 2 is 1.88 bits per heavy atom. The number of unbranched alkanes of at least 4 members (excludes halogenated alkanes) is 1. The Balaban J connectivity index is 1.35. The number of ether oxygens (including phenoxy) is 1. The van der Waals surface area contributed by atoms with E-state index < -0.39 is 11.6 Å². The first-order valence-corrected chi connectivity index (χ1v) is 13.0. The van der Waals surface area contributed by atoms with Gasteiger partial charge in [-0.05, 0) is 69.4 Å². The van der Waals surface area contributed by atoms with E-state index in [1.54, 1.807) is 0 Å². The third-order valence-corrected chi connectivity index (χ3v) is 7.64. The Bertz CT molecular complexity index is 783. The van der Waals surface area contributed by atoms with Crippen molar-refractivity contribution < 1.29 is 14.3 Å². The maximum Gasteiger partial charge on any atom is 0.246 e. The van der Waals surface area contributed by atoms with Gasteiger partial charge in [-0.15, -0.1) is 0 Å². The number of nitrogens with one attached hydrogen (secondary N) is 1. The van der Waals surface area contributed by atoms with Crippen LogP contribution in [0.4, 0.5) is 0 Å². The van der Waals surface area contributed by atoms with Crippen molar-refractivity contribution in [1.29, 1.82) is 0 Å². The molecule has 6 heteroatoms. The Morgan fingerprint density at radius 1 is 1.12 bits per heavy atom. The highest BCUT2D eigenvalue weighted by Crippen LogP contribution is 2.35. The summed E-state index contributed by atoms with van der Waals surface area (Å²) in [5, 5.41) is 3.11. The van der Waals surface area contributed by atoms with Crippen molar-refractivity contribution in [2.75, 3.05) is 32.8 Å². The standard InChI is InChI=1S/C27H41N3O3/c1-21(2)19-24-25(31)30(20-23-12-8-18-33-23)27(26(32)28-24)13-16-29(17-14-27)15-7-6-11-22-9-4-3-5-10-22/h3-5,9-10,21,23-24H,6-8,11-20H2,1-2H3,(H,28,32). The van der Waals surface area contributed by atoms with E-state index in [0.717, 1.165) is 51.9 Å². The Hall–Kier alpha value is -1.92. The smallest absolute Gasteiger partial charge is 0.246 e. The van der Waals surface area contributed by atoms with Gasteiger partial charge in [-0.25, -0.2) is 0 Å². The lowest BCUT2D eigenvalue weighted by Crippen LogP contribution is -2.73. The normalized spacial score (nSPS) is 25.7. The minimum Gasteiger partial charge on any atom is -0.376 e. The van der Waals surface area contributed by atoms with Gasteiger partial charge in [0.05, 0.1) is 6.10 Å². The van der Waals surface area contributed by atoms with Crippen LogP contribution in [0, 0.1) is 5.92 Å². The second-order valence-electron chi connectivity index (χ2n) is 10.6. The topological polar surface area (TPSA) is 61.9 Å². The highest BCUT2D eigenvalue weighted by Gasteiger charge is 2.54. The zero-order valence-corrected chi connectivity index (χ0v) is 20.4. The van der Waals surface area contributed by atoms with Gasteiger partial charge in [0.25, 0.3) is 0 Å². The average molecular weight is 456 g/mol. The van der Waals surface area contributed by atoms with Gasteiger partial charge in [0.2, 0.25) is 11.8 Å². The minimum absolute atomic E-state index is 0.0504. The molecule has 6 nitrogen and oxygen atoms in total. The van der Waals surface area contributed by atoms with Crippen LogP contribution < -0.4 is 5.32 Å². The monoisotopic (exact) mass is 455 g/mol. The SMILES string of the molecule is CC(C)CC1NC(=O)C2(CCN(CCCCc3ccccc3)CC2)N(CC2CCCO2)C1=O. The molecule has 2 unspecified atom stereocenters. The number of benzene rings is 1. The number of piperazine rings is 1. The van der Waals surface area contributed by atoms with Crippen molar-refractivity contribution in [2.24, 2.45) is 5.92 Å². The molecule has 1 aromatic rings. The van der Waals surface area contributed by atoms with Crippen LogP contribution in [0.1, 0.15) is 64.4 Å². The second kappa shape index (κ2) is 11.0. The number of nitrogens with zero attached hydrogens (tertiary/aromatic N) is 2. The summed E-state index contributed by atoms with van der Waals surface area (Å²) in [6.07, 6.45) is 7.64. The van der Waals surface area contributed by atoms with Crippen LogP contribution in [0.15, 0.2) is 30.3 Å². The number of piperidine rings is 1. The first kappa shape index (κ1) is 24.2. The quantitative estimate of drug-likeness (QED) is 0.580. The maximum atomic E-state index is 13.5. The fraction of sp³-hybridized carbons (Fsp3) is 0.704. The summed E-state index contributed by atoms with van der Waals surface area (Å²) in [6.45, 7) is 8.30. The van der Waals surface area contributed by atoms with Crippen molar-refractivity contribution >= 4 is 11.8 Å². The van der Waals surface area contributed by atoms with E-state index in [2.05, 4.69) is 54.4 Å². The average Bonchev–Trinajstić information content (AvgIpc) is 3.33. The minimum atomic E-state index is -0.711. The molecule has 3 saturated heterocycles. The lowest BCUT2D eigenvalue weighted by Gasteiger charge is -2.52. The van der Waals surface area contributed by atoms with E-state index in [-0.39, 0.29) is 17.9 Å². The van der Waals surface area contributed by atoms with Gasteiger partial charge in [-0.1, -0.05) is 44.2 Å². The summed E-state index contributed by atoms with van der Waals surface area (Å²) in [5.41, 5.74) is 0.685. The van der Waals surface area contributed by atoms with Crippen LogP contribution >= 0.6 is 0 Å². The molecule has 3 fully saturated rings. The van der Waals surface area contributed by atoms with Gasteiger partial charge >= 0.3 is 0 Å². The number of amides is 2. The van der Waals surface area contributed by atoms with E-state index in [0.29, 0.717) is 31.7 Å². The van der Waals surface area contributed by atoms with E-state index in [1.807, 2.05) is 4.90 Å². The van der Waals surface area contributed by atoms with Gasteiger partial charge in [0.15, 0.2) is 0 Å². The zero-order chi connectivity index (χ0) is 23.3. The van der Waals surface area contributed by atoms with Gasteiger partial charge in [-0.3, -0.25) is 9.59 Å². The van der Waals surface area contributed by atoms with Crippen LogP contribution in [0.3, 0.4) is 0 Å². The maximum absolute atomic E-state index is 13.5. The van der Waals surface area contributed by atoms with Crippen molar-refractivity contribution in [3.8, 4) is 0 Å². The van der Waals surface area contributed by atoms with Gasteiger partial charge < -0.3 is 19.9 Å². The number of carbonyl (C=O) groups excluding carboxylic acids is 2. The molecule has 0 aromatic heterocycles. The van der Waals surface area contributed by atoms with E-state index in [4.69, 9.17) is 4.74 Å². The fourth-order valence-electron chi connectivity index (χ4n) is 5.72. The molecule has 0 radical (unpaired) electrons. The largest absolute Gasteiger partial charge is 0.376 e. The Labute approximate surface area is 199 Å². The van der Waals surface area contributed by atoms with Crippen LogP contribution in [-0.4, -0.2) is 72.1 Å². The number of hydrogen-bond acceptors (Lipinski definition) is 4. The summed E-state index contributed by atoms with van der Waals surface area (Å²) in [5.74, 6) is 0.500. The van der Waals surface area contributed by atoms with Gasteiger partial charge in [0.1, 0.15) is 11.6 Å². The van der Waals surface area contributed by atoms with E-state index >= 15 is 0 Å². The second-order valence-corrected chi connectivity index (χ2v) is 10.6. The van der Waals surface area contributed by atoms with Crippen molar-refractivity contribution in [2.45, 2.75) is 82.9 Å². The summed E-state index contributed by atoms with van der Waals surface area (Å²) in [7, 11) is 0. The lowest BCUT2D eigenvalue weighted by atomic mass is 9.80. The molecule has 0 aliphatic carbocycles. The molecule has 33 heavy (non-hydrogen) atoms. The third-order valence-electron chi connectivity index (χ3n) is 7.64. The van der Waals surface area contributed by atoms with Crippen LogP contribution in [0.25, 0.3) is 0 Å². The highest BCUT2D eigenvalue weighted by molar-refractivity contribution is 6.00. The molecule has 0 saturated carbocycles. The number of rotatable bonds is 9. The Kier molecular flexibility index (Phi) is 8.07. The molecule has 1 spiro atoms. The van der Waals surface area contributed by atoms with E-state index in [1.165, 1.54) is 12.0 Å². The van der Waals surface area contributed by atoms with Crippen LogP contribution in [-0.2, 0) is 20.7 Å². The summed E-state index contributed by atoms with van der Waals surface area (Å²) >= 11 is 0. The molecule has 182 valence electrons. The van der Waals surface area contributed by atoms with Crippen molar-refractivity contribution in [3.63, 3.8) is 0 Å². The summed E-state index contributed by atoms with van der Waals surface area (Å²) in [4.78, 5) is 31.4. The molecule has 1 N–H and O–H groups in total. The van der Waals surface area contributed by atoms with Gasteiger partial charge in [0, 0.05) is 26.2 Å². The summed E-state index contributed by atoms with van der Waals surface area (Å²) < 4.78 is 5.88. The molecule has 3 heterocycles. The summed E-state index contributed by atoms with van der Waals surface area (Å²) in [6, 6.07) is 10.2. The highest BCUT2D eigenvalue weighted by atomic mass is 16.5. The predicted octanol–water partition coefficient (Wildman–Crippen LogP) is 3.40. The lowest BCUT2D eigenvalue weighted by molar-refractivity contribution is -0.163. The molecule has 0 bridgehead atoms. The van der Waals surface area contributed by atoms with Gasteiger partial charge in [-0.2, -0.15) is 0 Å². The number of carbonyl (C=O) groups is 2. The van der Waals surface area contributed by atoms with E-state index in [9.17, 15) is 9.59 Å². The molecule has 4 rings (SSSR count). The Morgan fingerprint density at radius 3 is 2.55 bits per heavy atom.